The van der Waals surface area contributed by atoms with Crippen LogP contribution in [0.25, 0.3) is 0 Å². The van der Waals surface area contributed by atoms with Gasteiger partial charge in [0.15, 0.2) is 0 Å². The van der Waals surface area contributed by atoms with Crippen molar-refractivity contribution in [2.45, 2.75) is 0 Å². The van der Waals surface area contributed by atoms with Crippen molar-refractivity contribution in [2.75, 3.05) is 0 Å². The first-order valence-corrected chi connectivity index (χ1v) is 13.0. The van der Waals surface area contributed by atoms with E-state index in [1.807, 2.05) is 0 Å². The molecule has 3 nitrogen and oxygen atoms in total. The molecule has 1 aliphatic rings. The third kappa shape index (κ3) is 4.01. The number of halogens is 6. The van der Waals surface area contributed by atoms with Crippen LogP contribution in [0.5, 0.6) is 0 Å². The van der Waals surface area contributed by atoms with Crippen LogP contribution >= 0.6 is 85.9 Å². The van der Waals surface area contributed by atoms with E-state index >= 15 is 0 Å². The van der Waals surface area contributed by atoms with E-state index < -0.39 is 9.93 Å². The molecule has 0 aromatic rings. The molecule has 74 valence electrons. The molecule has 0 aromatic heterocycles. The van der Waals surface area contributed by atoms with Crippen LogP contribution in [0.3, 0.4) is 0 Å². The van der Waals surface area contributed by atoms with Crippen molar-refractivity contribution in [1.29, 1.82) is 0 Å². The second kappa shape index (κ2) is 3.06. The van der Waals surface area contributed by atoms with Crippen LogP contribution < -0.4 is 9.72 Å². The summed E-state index contributed by atoms with van der Waals surface area (Å²) in [7, 11) is 0.263. The van der Waals surface area contributed by atoms with Crippen molar-refractivity contribution in [1.82, 2.24) is 9.72 Å². The quantitative estimate of drug-likeness (QED) is 0.533. The topological polar surface area (TPSA) is 36.4 Å². The number of rotatable bonds is 0. The standard InChI is InChI=1S/Cl6H2N3P3/c1-11(2,3)7-10-8-12(4,5,6)9-11/h9H,(H,7,8). The molecule has 0 radical (unpaired) electrons. The summed E-state index contributed by atoms with van der Waals surface area (Å²) in [5, 5.41) is 0. The molecular formula is H2Cl6N3P3. The molecule has 0 spiro atoms. The van der Waals surface area contributed by atoms with Gasteiger partial charge in [-0.05, 0) is 0 Å². The number of hydrogen-bond donors (Lipinski definition) is 2. The molecule has 12 heteroatoms. The maximum atomic E-state index is 5.75. The fourth-order valence-corrected chi connectivity index (χ4v) is 18.3. The third-order valence-corrected chi connectivity index (χ3v) is 14.4. The zero-order chi connectivity index (χ0) is 9.72. The average Bonchev–Trinajstić information content (AvgIpc) is 1.49. The van der Waals surface area contributed by atoms with Gasteiger partial charge in [0.05, 0.1) is 0 Å². The molecule has 0 saturated carbocycles. The van der Waals surface area contributed by atoms with Gasteiger partial charge >= 0.3 is 100 Å². The van der Waals surface area contributed by atoms with E-state index in [4.69, 9.17) is 67.4 Å². The van der Waals surface area contributed by atoms with Crippen molar-refractivity contribution in [3.8, 4) is 0 Å². The fourth-order valence-electron chi connectivity index (χ4n) is 0.467. The Labute approximate surface area is 99.5 Å². The summed E-state index contributed by atoms with van der Waals surface area (Å²) in [6.07, 6.45) is 0. The molecule has 0 fully saturated rings. The van der Waals surface area contributed by atoms with Gasteiger partial charge in [-0.15, -0.1) is 0 Å². The molecule has 1 rings (SSSR count). The Hall–Kier alpha value is 2.62. The number of nitrogens with one attached hydrogen (secondary N) is 2. The second-order valence-corrected chi connectivity index (χ2v) is 22.8. The summed E-state index contributed by atoms with van der Waals surface area (Å²) >= 11 is 34.4. The Balaban J connectivity index is 3.08. The SMILES string of the molecule is ClP1(Cl)(Cl)N=PNP(Cl)(Cl)(Cl)N1. The summed E-state index contributed by atoms with van der Waals surface area (Å²) in [6.45, 7) is 0. The van der Waals surface area contributed by atoms with E-state index in [9.17, 15) is 0 Å². The minimum absolute atomic E-state index is 0.263. The molecule has 12 heavy (non-hydrogen) atoms. The van der Waals surface area contributed by atoms with Crippen LogP contribution in [-0.4, -0.2) is 0 Å². The minimum atomic E-state index is -3.88. The first-order valence-electron chi connectivity index (χ1n) is 2.31. The number of nitrogens with zero attached hydrogens (tertiary/aromatic N) is 1. The van der Waals surface area contributed by atoms with Gasteiger partial charge in [0.2, 0.25) is 0 Å². The van der Waals surface area contributed by atoms with E-state index in [1.165, 1.54) is 0 Å². The molecule has 0 unspecified atom stereocenters. The first kappa shape index (κ1) is 12.7. The summed E-state index contributed by atoms with van der Waals surface area (Å²) < 4.78 is 3.69. The normalized spacial score (nSPS) is 42.8. The molecule has 0 aliphatic carbocycles. The van der Waals surface area contributed by atoms with Crippen molar-refractivity contribution >= 4 is 85.9 Å². The summed E-state index contributed by atoms with van der Waals surface area (Å²) in [6, 6.07) is 0. The average molecular weight is 350 g/mol. The zero-order valence-corrected chi connectivity index (χ0v) is 12.3. The molecule has 0 amide bonds. The van der Waals surface area contributed by atoms with E-state index in [0.717, 1.165) is 0 Å². The van der Waals surface area contributed by atoms with Crippen molar-refractivity contribution in [2.24, 2.45) is 4.52 Å². The van der Waals surface area contributed by atoms with Gasteiger partial charge in [0.25, 0.3) is 0 Å². The Morgan fingerprint density at radius 3 is 1.75 bits per heavy atom. The molecule has 1 aliphatic heterocycles. The van der Waals surface area contributed by atoms with Gasteiger partial charge in [0.1, 0.15) is 0 Å². The molecule has 0 aromatic carbocycles. The van der Waals surface area contributed by atoms with E-state index in [-0.39, 0.29) is 8.52 Å². The van der Waals surface area contributed by atoms with E-state index in [0.29, 0.717) is 0 Å². The van der Waals surface area contributed by atoms with Crippen LogP contribution in [0.2, 0.25) is 0 Å². The Bertz CT molecular complexity index is 242. The number of hydrogen-bond acceptors (Lipinski definition) is 3. The van der Waals surface area contributed by atoms with Crippen LogP contribution in [0.15, 0.2) is 4.52 Å². The van der Waals surface area contributed by atoms with Crippen LogP contribution in [0, 0.1) is 0 Å². The zero-order valence-electron chi connectivity index (χ0n) is 5.06. The van der Waals surface area contributed by atoms with Gasteiger partial charge in [-0.2, -0.15) is 0 Å². The fraction of sp³-hybridized carbons (Fsp3) is 0. The van der Waals surface area contributed by atoms with E-state index in [1.54, 1.807) is 0 Å². The van der Waals surface area contributed by atoms with Gasteiger partial charge < -0.3 is 0 Å². The Morgan fingerprint density at radius 2 is 1.50 bits per heavy atom. The molecule has 2 N–H and O–H groups in total. The van der Waals surface area contributed by atoms with Crippen LogP contribution in [0.1, 0.15) is 0 Å². The van der Waals surface area contributed by atoms with Crippen molar-refractivity contribution in [3.05, 3.63) is 0 Å². The summed E-state index contributed by atoms with van der Waals surface area (Å²) in [4.78, 5) is -2.80. The van der Waals surface area contributed by atoms with Crippen LogP contribution in [-0.2, 0) is 0 Å². The van der Waals surface area contributed by atoms with Crippen molar-refractivity contribution < 1.29 is 0 Å². The van der Waals surface area contributed by atoms with E-state index in [2.05, 4.69) is 14.2 Å². The second-order valence-electron chi connectivity index (χ2n) is 1.97. The maximum absolute atomic E-state index is 5.75. The molecule has 0 bridgehead atoms. The molecule has 0 atom stereocenters. The predicted octanol–water partition coefficient (Wildman–Crippen LogP) is 5.91. The van der Waals surface area contributed by atoms with Gasteiger partial charge in [0, 0.05) is 0 Å². The Morgan fingerprint density at radius 1 is 1.00 bits per heavy atom. The van der Waals surface area contributed by atoms with Gasteiger partial charge in [-0.1, -0.05) is 0 Å². The Kier molecular flexibility index (Phi) is 3.24. The molecule has 0 saturated heterocycles. The summed E-state index contributed by atoms with van der Waals surface area (Å²) in [5.74, 6) is 0. The monoisotopic (exact) mass is 347 g/mol. The third-order valence-electron chi connectivity index (χ3n) is 0.720. The molecular weight excluding hydrogens is 348 g/mol. The van der Waals surface area contributed by atoms with Gasteiger partial charge in [-0.25, -0.2) is 0 Å². The predicted molar refractivity (Wildman–Crippen MR) is 64.6 cm³/mol. The molecule has 1 heterocycles. The van der Waals surface area contributed by atoms with Crippen molar-refractivity contribution in [3.63, 3.8) is 0 Å². The van der Waals surface area contributed by atoms with Gasteiger partial charge in [-0.3, -0.25) is 0 Å². The van der Waals surface area contributed by atoms with Crippen LogP contribution in [0.4, 0.5) is 0 Å². The summed E-state index contributed by atoms with van der Waals surface area (Å²) in [5.41, 5.74) is 0. The first-order chi connectivity index (χ1) is 4.95.